The molecule has 0 amide bonds. The molecule has 0 bridgehead atoms. The average molecular weight is 395 g/mol. The van der Waals surface area contributed by atoms with E-state index in [4.69, 9.17) is 5.10 Å². The maximum atomic E-state index is 5.12. The van der Waals surface area contributed by atoms with Crippen molar-refractivity contribution in [1.29, 1.82) is 0 Å². The first-order chi connectivity index (χ1) is 14.3. The zero-order valence-corrected chi connectivity index (χ0v) is 18.9. The smallest absolute Gasteiger partial charge is 0.0959 e. The Labute approximate surface area is 180 Å². The first-order valence-corrected chi connectivity index (χ1v) is 10.6. The third-order valence-corrected chi connectivity index (χ3v) is 6.16. The van der Waals surface area contributed by atoms with Crippen molar-refractivity contribution in [2.75, 3.05) is 0 Å². The number of rotatable bonds is 4. The van der Waals surface area contributed by atoms with Gasteiger partial charge in [0.05, 0.1) is 17.9 Å². The van der Waals surface area contributed by atoms with Crippen LogP contribution in [0.15, 0.2) is 60.7 Å². The van der Waals surface area contributed by atoms with E-state index in [2.05, 4.69) is 107 Å². The number of hydrogen-bond donors (Lipinski definition) is 0. The molecule has 0 aliphatic carbocycles. The van der Waals surface area contributed by atoms with Gasteiger partial charge in [0.15, 0.2) is 0 Å². The van der Waals surface area contributed by atoms with Gasteiger partial charge in [-0.25, -0.2) is 0 Å². The average Bonchev–Trinajstić information content (AvgIpc) is 3.02. The van der Waals surface area contributed by atoms with E-state index in [1.807, 2.05) is 0 Å². The molecule has 0 N–H and O–H groups in total. The van der Waals surface area contributed by atoms with E-state index in [9.17, 15) is 0 Å². The van der Waals surface area contributed by atoms with Gasteiger partial charge < -0.3 is 0 Å². The standard InChI is InChI=1S/C28H30N2/c1-18-8-7-9-24(14-18)17-30-28(26-13-11-20(3)22(5)16-26)23(6)27(29-30)25-12-10-19(2)21(4)15-25/h7-16H,17H2,1-6H3. The molecule has 4 aromatic rings. The van der Waals surface area contributed by atoms with Crippen LogP contribution in [0, 0.1) is 41.5 Å². The van der Waals surface area contributed by atoms with Gasteiger partial charge in [-0.1, -0.05) is 54.1 Å². The van der Waals surface area contributed by atoms with Crippen molar-refractivity contribution in [2.45, 2.75) is 48.1 Å². The van der Waals surface area contributed by atoms with Gasteiger partial charge in [-0.15, -0.1) is 0 Å². The molecule has 152 valence electrons. The van der Waals surface area contributed by atoms with E-state index in [1.54, 1.807) is 0 Å². The number of nitrogens with zero attached hydrogens (tertiary/aromatic N) is 2. The fourth-order valence-corrected chi connectivity index (χ4v) is 4.07. The number of aryl methyl sites for hydroxylation is 5. The lowest BCUT2D eigenvalue weighted by Crippen LogP contribution is -2.05. The van der Waals surface area contributed by atoms with Crippen LogP contribution in [0.1, 0.15) is 38.9 Å². The first-order valence-electron chi connectivity index (χ1n) is 10.6. The summed E-state index contributed by atoms with van der Waals surface area (Å²) in [5.41, 5.74) is 13.7. The van der Waals surface area contributed by atoms with Crippen LogP contribution in [-0.4, -0.2) is 9.78 Å². The first kappa shape index (κ1) is 20.2. The molecule has 0 spiro atoms. The number of benzene rings is 3. The Bertz CT molecular complexity index is 1230. The summed E-state index contributed by atoms with van der Waals surface area (Å²) >= 11 is 0. The molecule has 0 saturated heterocycles. The van der Waals surface area contributed by atoms with Crippen LogP contribution in [-0.2, 0) is 6.54 Å². The second-order valence-electron chi connectivity index (χ2n) is 8.57. The molecule has 4 rings (SSSR count). The largest absolute Gasteiger partial charge is 0.260 e. The summed E-state index contributed by atoms with van der Waals surface area (Å²) in [6.45, 7) is 13.8. The molecule has 0 radical (unpaired) electrons. The van der Waals surface area contributed by atoms with Crippen LogP contribution < -0.4 is 0 Å². The van der Waals surface area contributed by atoms with Crippen molar-refractivity contribution < 1.29 is 0 Å². The molecule has 2 nitrogen and oxygen atoms in total. The van der Waals surface area contributed by atoms with Gasteiger partial charge in [0.2, 0.25) is 0 Å². The summed E-state index contributed by atoms with van der Waals surface area (Å²) in [7, 11) is 0. The Morgan fingerprint density at radius 3 is 1.93 bits per heavy atom. The molecular weight excluding hydrogens is 364 g/mol. The van der Waals surface area contributed by atoms with Crippen LogP contribution in [0.5, 0.6) is 0 Å². The van der Waals surface area contributed by atoms with Crippen LogP contribution in [0.3, 0.4) is 0 Å². The van der Waals surface area contributed by atoms with Gasteiger partial charge in [0.25, 0.3) is 0 Å². The zero-order chi connectivity index (χ0) is 21.4. The van der Waals surface area contributed by atoms with Crippen molar-refractivity contribution in [3.8, 4) is 22.5 Å². The summed E-state index contributed by atoms with van der Waals surface area (Å²) in [5, 5.41) is 5.12. The minimum atomic E-state index is 0.760. The van der Waals surface area contributed by atoms with E-state index in [0.717, 1.165) is 12.2 Å². The van der Waals surface area contributed by atoms with E-state index in [0.29, 0.717) is 0 Å². The third kappa shape index (κ3) is 3.82. The Balaban J connectivity index is 1.90. The van der Waals surface area contributed by atoms with E-state index in [1.165, 1.54) is 55.8 Å². The second kappa shape index (κ2) is 7.95. The zero-order valence-electron chi connectivity index (χ0n) is 18.9. The predicted molar refractivity (Wildman–Crippen MR) is 127 cm³/mol. The molecular formula is C28H30N2. The molecule has 0 saturated carbocycles. The molecule has 0 aliphatic rings. The van der Waals surface area contributed by atoms with Crippen molar-refractivity contribution in [1.82, 2.24) is 9.78 Å². The predicted octanol–water partition coefficient (Wildman–Crippen LogP) is 7.12. The van der Waals surface area contributed by atoms with Crippen LogP contribution in [0.4, 0.5) is 0 Å². The Kier molecular flexibility index (Phi) is 5.34. The highest BCUT2D eigenvalue weighted by atomic mass is 15.3. The van der Waals surface area contributed by atoms with Gasteiger partial charge in [-0.05, 0) is 81.5 Å². The summed E-state index contributed by atoms with van der Waals surface area (Å²) < 4.78 is 2.18. The quantitative estimate of drug-likeness (QED) is 0.360. The topological polar surface area (TPSA) is 17.8 Å². The molecule has 0 fully saturated rings. The molecule has 2 heteroatoms. The molecule has 1 aromatic heterocycles. The summed E-state index contributed by atoms with van der Waals surface area (Å²) in [5.74, 6) is 0. The summed E-state index contributed by atoms with van der Waals surface area (Å²) in [6.07, 6.45) is 0. The lowest BCUT2D eigenvalue weighted by atomic mass is 9.98. The van der Waals surface area contributed by atoms with Gasteiger partial charge in [0.1, 0.15) is 0 Å². The monoisotopic (exact) mass is 394 g/mol. The molecule has 0 unspecified atom stereocenters. The molecule has 3 aromatic carbocycles. The van der Waals surface area contributed by atoms with E-state index < -0.39 is 0 Å². The maximum Gasteiger partial charge on any atom is 0.0959 e. The highest BCUT2D eigenvalue weighted by molar-refractivity contribution is 5.75. The fourth-order valence-electron chi connectivity index (χ4n) is 4.07. The van der Waals surface area contributed by atoms with Crippen molar-refractivity contribution >= 4 is 0 Å². The van der Waals surface area contributed by atoms with Crippen molar-refractivity contribution in [3.05, 3.63) is 99.6 Å². The minimum absolute atomic E-state index is 0.760. The van der Waals surface area contributed by atoms with Crippen molar-refractivity contribution in [3.63, 3.8) is 0 Å². The van der Waals surface area contributed by atoms with Gasteiger partial charge in [-0.3, -0.25) is 4.68 Å². The van der Waals surface area contributed by atoms with Crippen LogP contribution in [0.25, 0.3) is 22.5 Å². The second-order valence-corrected chi connectivity index (χ2v) is 8.57. The SMILES string of the molecule is Cc1cccc(Cn2nc(-c3ccc(C)c(C)c3)c(C)c2-c2ccc(C)c(C)c2)c1. The fraction of sp³-hybridized carbons (Fsp3) is 0.250. The van der Waals surface area contributed by atoms with Crippen molar-refractivity contribution in [2.24, 2.45) is 0 Å². The lowest BCUT2D eigenvalue weighted by molar-refractivity contribution is 0.696. The Morgan fingerprint density at radius 2 is 1.30 bits per heavy atom. The summed E-state index contributed by atoms with van der Waals surface area (Å²) in [4.78, 5) is 0. The molecule has 0 atom stereocenters. The van der Waals surface area contributed by atoms with Gasteiger partial charge in [-0.2, -0.15) is 5.10 Å². The molecule has 30 heavy (non-hydrogen) atoms. The van der Waals surface area contributed by atoms with Gasteiger partial charge >= 0.3 is 0 Å². The Hall–Kier alpha value is -3.13. The molecule has 1 heterocycles. The third-order valence-electron chi connectivity index (χ3n) is 6.16. The van der Waals surface area contributed by atoms with Gasteiger partial charge in [0, 0.05) is 16.7 Å². The van der Waals surface area contributed by atoms with Crippen LogP contribution in [0.2, 0.25) is 0 Å². The number of hydrogen-bond acceptors (Lipinski definition) is 1. The highest BCUT2D eigenvalue weighted by Gasteiger charge is 2.18. The lowest BCUT2D eigenvalue weighted by Gasteiger charge is -2.11. The summed E-state index contributed by atoms with van der Waals surface area (Å²) in [6, 6.07) is 22.1. The molecule has 0 aliphatic heterocycles. The minimum Gasteiger partial charge on any atom is -0.260 e. The van der Waals surface area contributed by atoms with E-state index in [-0.39, 0.29) is 0 Å². The maximum absolute atomic E-state index is 5.12. The number of aromatic nitrogens is 2. The highest BCUT2D eigenvalue weighted by Crippen LogP contribution is 2.33. The normalized spacial score (nSPS) is 11.1. The van der Waals surface area contributed by atoms with Crippen LogP contribution >= 0.6 is 0 Å². The van der Waals surface area contributed by atoms with E-state index >= 15 is 0 Å². The Morgan fingerprint density at radius 1 is 0.667 bits per heavy atom.